The summed E-state index contributed by atoms with van der Waals surface area (Å²) in [6, 6.07) is 0. The van der Waals surface area contributed by atoms with Gasteiger partial charge in [-0.25, -0.2) is 10.9 Å². The number of hydrogen-bond acceptors (Lipinski definition) is 5. The third-order valence-electron chi connectivity index (χ3n) is 0.393. The average Bonchev–Trinajstić information content (AvgIpc) is 1.64. The van der Waals surface area contributed by atoms with E-state index in [0.717, 1.165) is 0 Å². The molecule has 0 aliphatic heterocycles. The van der Waals surface area contributed by atoms with Crippen molar-refractivity contribution in [3.05, 3.63) is 0 Å². The molecule has 0 saturated heterocycles. The molecular weight excluding hydrogens is 116 g/mol. The summed E-state index contributed by atoms with van der Waals surface area (Å²) in [5.41, 5.74) is 0. The van der Waals surface area contributed by atoms with Crippen molar-refractivity contribution < 1.29 is 19.8 Å². The van der Waals surface area contributed by atoms with E-state index in [2.05, 4.69) is 5.84 Å². The number of hydrazine groups is 1. The Balaban J connectivity index is 3.83. The van der Waals surface area contributed by atoms with Gasteiger partial charge in [0.2, 0.25) is 0 Å². The van der Waals surface area contributed by atoms with Crippen LogP contribution >= 0.6 is 0 Å². The number of imide groups is 1. The van der Waals surface area contributed by atoms with E-state index in [1.807, 2.05) is 0 Å². The topological polar surface area (TPSA) is 110 Å². The van der Waals surface area contributed by atoms with Gasteiger partial charge < -0.3 is 19.8 Å². The van der Waals surface area contributed by atoms with E-state index in [0.29, 0.717) is 0 Å². The average molecular weight is 118 g/mol. The Morgan fingerprint density at radius 1 is 1.25 bits per heavy atom. The van der Waals surface area contributed by atoms with E-state index in [-0.39, 0.29) is 0 Å². The summed E-state index contributed by atoms with van der Waals surface area (Å²) in [5.74, 6) is 4.27. The summed E-state index contributed by atoms with van der Waals surface area (Å²) in [4.78, 5) is 18.8. The van der Waals surface area contributed by atoms with Crippen molar-refractivity contribution >= 4 is 12.2 Å². The molecule has 0 unspecified atom stereocenters. The van der Waals surface area contributed by atoms with Crippen molar-refractivity contribution in [3.8, 4) is 0 Å². The molecule has 2 N–H and O–H groups in total. The Kier molecular flexibility index (Phi) is 1.78. The summed E-state index contributed by atoms with van der Waals surface area (Å²) < 4.78 is 0. The van der Waals surface area contributed by atoms with E-state index in [1.54, 1.807) is 0 Å². The Bertz CT molecular complexity index is 107. The van der Waals surface area contributed by atoms with Gasteiger partial charge in [0, 0.05) is 0 Å². The summed E-state index contributed by atoms with van der Waals surface area (Å²) >= 11 is 0. The molecule has 0 bridgehead atoms. The lowest BCUT2D eigenvalue weighted by molar-refractivity contribution is -0.291. The van der Waals surface area contributed by atoms with E-state index >= 15 is 0 Å². The van der Waals surface area contributed by atoms with Gasteiger partial charge in [0.25, 0.3) is 0 Å². The van der Waals surface area contributed by atoms with E-state index in [4.69, 9.17) is 0 Å². The van der Waals surface area contributed by atoms with Crippen LogP contribution in [0.2, 0.25) is 0 Å². The zero-order valence-corrected chi connectivity index (χ0v) is 3.66. The molecule has 0 saturated carbocycles. The minimum Gasteiger partial charge on any atom is -0.529 e. The molecule has 46 valence electrons. The van der Waals surface area contributed by atoms with Crippen LogP contribution in [0.5, 0.6) is 0 Å². The maximum atomic E-state index is 9.41. The fourth-order valence-corrected chi connectivity index (χ4v) is 0.0745. The molecule has 6 heteroatoms. The van der Waals surface area contributed by atoms with Gasteiger partial charge in [-0.2, -0.15) is 0 Å². The van der Waals surface area contributed by atoms with Crippen LogP contribution < -0.4 is 16.1 Å². The van der Waals surface area contributed by atoms with Crippen LogP contribution in [0.15, 0.2) is 0 Å². The first-order valence-corrected chi connectivity index (χ1v) is 1.52. The number of nitrogens with zero attached hydrogens (tertiary/aromatic N) is 1. The van der Waals surface area contributed by atoms with Crippen LogP contribution in [0.4, 0.5) is 9.59 Å². The summed E-state index contributed by atoms with van der Waals surface area (Å²) in [6.45, 7) is 0. The molecule has 0 atom stereocenters. The van der Waals surface area contributed by atoms with Crippen molar-refractivity contribution in [2.24, 2.45) is 5.84 Å². The van der Waals surface area contributed by atoms with Crippen LogP contribution in [0.25, 0.3) is 0 Å². The molecule has 8 heavy (non-hydrogen) atoms. The highest BCUT2D eigenvalue weighted by Crippen LogP contribution is 1.69. The Labute approximate surface area is 44.1 Å². The molecule has 6 nitrogen and oxygen atoms in total. The number of carbonyl (C=O) groups excluding carboxylic acids is 2. The van der Waals surface area contributed by atoms with Crippen molar-refractivity contribution in [2.75, 3.05) is 0 Å². The number of rotatable bonds is 0. The number of nitrogens with two attached hydrogens (primary N) is 1. The molecule has 0 fully saturated rings. The standard InChI is InChI=1S/C2H4N2O4/c3-4(1(5)6)2(7)8/h3H2,(H,5,6)(H,7,8)/p-2. The lowest BCUT2D eigenvalue weighted by atomic mass is 11.0. The maximum absolute atomic E-state index is 9.41. The van der Waals surface area contributed by atoms with Gasteiger partial charge in [-0.3, -0.25) is 0 Å². The SMILES string of the molecule is NN(C(=O)[O-])C(=O)[O-]. The monoisotopic (exact) mass is 118 g/mol. The van der Waals surface area contributed by atoms with Gasteiger partial charge >= 0.3 is 0 Å². The number of carboxylic acid groups (broad SMARTS) is 2. The molecule has 0 rings (SSSR count). The summed E-state index contributed by atoms with van der Waals surface area (Å²) in [5, 5.41) is 18.3. The third kappa shape index (κ3) is 1.43. The summed E-state index contributed by atoms with van der Waals surface area (Å²) in [6.07, 6.45) is -4.02. The fraction of sp³-hybridized carbons (Fsp3) is 0. The van der Waals surface area contributed by atoms with Crippen molar-refractivity contribution in [2.45, 2.75) is 0 Å². The Morgan fingerprint density at radius 2 is 1.50 bits per heavy atom. The Hall–Kier alpha value is -1.30. The van der Waals surface area contributed by atoms with Gasteiger partial charge in [0.1, 0.15) is 0 Å². The lowest BCUT2D eigenvalue weighted by Gasteiger charge is -2.17. The maximum Gasteiger partial charge on any atom is 0.158 e. The minimum absolute atomic E-state index is 0.556. The van der Waals surface area contributed by atoms with Crippen LogP contribution in [-0.4, -0.2) is 17.2 Å². The summed E-state index contributed by atoms with van der Waals surface area (Å²) in [7, 11) is 0. The fourth-order valence-electron chi connectivity index (χ4n) is 0.0745. The number of hydrogen-bond donors (Lipinski definition) is 1. The highest BCUT2D eigenvalue weighted by atomic mass is 16.4. The predicted molar refractivity (Wildman–Crippen MR) is 16.8 cm³/mol. The normalized spacial score (nSPS) is 8.12. The second-order valence-electron chi connectivity index (χ2n) is 0.902. The second kappa shape index (κ2) is 2.12. The van der Waals surface area contributed by atoms with Gasteiger partial charge in [0.05, 0.1) is 0 Å². The van der Waals surface area contributed by atoms with E-state index in [1.165, 1.54) is 0 Å². The minimum atomic E-state index is -2.01. The molecular formula is C2H2N2O4-2. The molecule has 0 radical (unpaired) electrons. The first kappa shape index (κ1) is 6.70. The molecule has 0 aliphatic rings. The number of carbonyl (C=O) groups is 2. The molecule has 0 aliphatic carbocycles. The van der Waals surface area contributed by atoms with Crippen LogP contribution in [0, 0.1) is 0 Å². The molecule has 2 amide bonds. The zero-order chi connectivity index (χ0) is 6.73. The Morgan fingerprint density at radius 3 is 1.50 bits per heavy atom. The highest BCUT2D eigenvalue weighted by molar-refractivity contribution is 5.81. The predicted octanol–water partition coefficient (Wildman–Crippen LogP) is -3.15. The quantitative estimate of drug-likeness (QED) is 0.205. The third-order valence-corrected chi connectivity index (χ3v) is 0.393. The smallest absolute Gasteiger partial charge is 0.158 e. The first-order chi connectivity index (χ1) is 3.55. The van der Waals surface area contributed by atoms with Crippen molar-refractivity contribution in [1.29, 1.82) is 0 Å². The first-order valence-electron chi connectivity index (χ1n) is 1.52. The van der Waals surface area contributed by atoms with Crippen LogP contribution in [0.3, 0.4) is 0 Å². The molecule has 0 spiro atoms. The van der Waals surface area contributed by atoms with Crippen molar-refractivity contribution in [3.63, 3.8) is 0 Å². The second-order valence-corrected chi connectivity index (χ2v) is 0.902. The molecule has 0 heterocycles. The van der Waals surface area contributed by atoms with Gasteiger partial charge in [-0.15, -0.1) is 0 Å². The van der Waals surface area contributed by atoms with Crippen LogP contribution in [-0.2, 0) is 0 Å². The lowest BCUT2D eigenvalue weighted by Crippen LogP contribution is -2.54. The van der Waals surface area contributed by atoms with Gasteiger partial charge in [0.15, 0.2) is 12.2 Å². The molecule has 0 aromatic carbocycles. The van der Waals surface area contributed by atoms with E-state index in [9.17, 15) is 19.8 Å². The molecule has 0 aromatic heterocycles. The van der Waals surface area contributed by atoms with Gasteiger partial charge in [-0.05, 0) is 0 Å². The molecule has 0 aromatic rings. The highest BCUT2D eigenvalue weighted by Gasteiger charge is 1.93. The van der Waals surface area contributed by atoms with E-state index < -0.39 is 17.2 Å². The zero-order valence-electron chi connectivity index (χ0n) is 3.66. The largest absolute Gasteiger partial charge is 0.529 e. The number of amides is 2. The van der Waals surface area contributed by atoms with Crippen LogP contribution in [0.1, 0.15) is 0 Å². The van der Waals surface area contributed by atoms with Gasteiger partial charge in [-0.1, -0.05) is 0 Å². The van der Waals surface area contributed by atoms with Crippen molar-refractivity contribution in [1.82, 2.24) is 5.01 Å².